The van der Waals surface area contributed by atoms with E-state index in [0.717, 1.165) is 27.3 Å². The number of rotatable bonds is 5. The number of thiophene rings is 1. The summed E-state index contributed by atoms with van der Waals surface area (Å²) in [5, 5.41) is 8.57. The molecule has 0 aromatic carbocycles. The zero-order valence-corrected chi connectivity index (χ0v) is 14.6. The first-order chi connectivity index (χ1) is 11.0. The second kappa shape index (κ2) is 6.98. The smallest absolute Gasteiger partial charge is 0.261 e. The molecule has 3 heterocycles. The highest BCUT2D eigenvalue weighted by Gasteiger charge is 2.19. The Labute approximate surface area is 139 Å². The van der Waals surface area contributed by atoms with Crippen molar-refractivity contribution in [2.45, 2.75) is 33.4 Å². The summed E-state index contributed by atoms with van der Waals surface area (Å²) >= 11 is 1.50. The highest BCUT2D eigenvalue weighted by molar-refractivity contribution is 7.20. The van der Waals surface area contributed by atoms with Crippen molar-refractivity contribution >= 4 is 27.5 Å². The summed E-state index contributed by atoms with van der Waals surface area (Å²) in [5.41, 5.74) is 0.972. The average molecular weight is 337 g/mol. The van der Waals surface area contributed by atoms with Gasteiger partial charge in [0, 0.05) is 18.5 Å². The van der Waals surface area contributed by atoms with Crippen LogP contribution in [0.2, 0.25) is 0 Å². The number of hydrogen-bond donors (Lipinski definition) is 1. The lowest BCUT2D eigenvalue weighted by Gasteiger charge is -2.22. The molecule has 1 saturated heterocycles. The second-order valence-electron chi connectivity index (χ2n) is 6.27. The molecular formula is C16H23N3O3S. The number of carbonyl (C=O) groups is 1. The first kappa shape index (κ1) is 16.4. The van der Waals surface area contributed by atoms with Gasteiger partial charge in [0.25, 0.3) is 5.91 Å². The van der Waals surface area contributed by atoms with Crippen LogP contribution in [0, 0.1) is 12.8 Å². The molecule has 1 atom stereocenters. The van der Waals surface area contributed by atoms with E-state index < -0.39 is 0 Å². The predicted octanol–water partition coefficient (Wildman–Crippen LogP) is 2.21. The molecule has 2 aromatic rings. The maximum absolute atomic E-state index is 12.4. The lowest BCUT2D eigenvalue weighted by Crippen LogP contribution is -2.39. The molecule has 1 N–H and O–H groups in total. The molecule has 0 saturated carbocycles. The Kier molecular flexibility index (Phi) is 4.99. The van der Waals surface area contributed by atoms with Gasteiger partial charge in [0.05, 0.1) is 36.5 Å². The van der Waals surface area contributed by atoms with E-state index in [1.807, 2.05) is 17.7 Å². The maximum Gasteiger partial charge on any atom is 0.261 e. The summed E-state index contributed by atoms with van der Waals surface area (Å²) in [4.78, 5) is 14.2. The lowest BCUT2D eigenvalue weighted by atomic mass is 10.2. The van der Waals surface area contributed by atoms with Crippen LogP contribution in [0.5, 0.6) is 0 Å². The summed E-state index contributed by atoms with van der Waals surface area (Å²) in [5.74, 6) is 0.455. The molecule has 0 spiro atoms. The van der Waals surface area contributed by atoms with Crippen LogP contribution in [0.15, 0.2) is 6.07 Å². The van der Waals surface area contributed by atoms with Gasteiger partial charge in [-0.25, -0.2) is 0 Å². The normalized spacial score (nSPS) is 18.7. The third-order valence-corrected chi connectivity index (χ3v) is 4.89. The zero-order chi connectivity index (χ0) is 16.4. The van der Waals surface area contributed by atoms with Crippen LogP contribution in [0.1, 0.15) is 29.2 Å². The number of nitrogens with zero attached hydrogens (tertiary/aromatic N) is 2. The van der Waals surface area contributed by atoms with E-state index in [-0.39, 0.29) is 12.0 Å². The fourth-order valence-electron chi connectivity index (χ4n) is 2.64. The number of ether oxygens (including phenoxy) is 2. The second-order valence-corrected chi connectivity index (χ2v) is 7.30. The largest absolute Gasteiger partial charge is 0.376 e. The van der Waals surface area contributed by atoms with Crippen molar-refractivity contribution in [3.05, 3.63) is 16.6 Å². The fraction of sp³-hybridized carbons (Fsp3) is 0.625. The summed E-state index contributed by atoms with van der Waals surface area (Å²) in [6.07, 6.45) is -0.0553. The topological polar surface area (TPSA) is 65.4 Å². The summed E-state index contributed by atoms with van der Waals surface area (Å²) < 4.78 is 12.9. The average Bonchev–Trinajstić information content (AvgIpc) is 3.08. The quantitative estimate of drug-likeness (QED) is 0.908. The molecule has 3 rings (SSSR count). The predicted molar refractivity (Wildman–Crippen MR) is 90.1 cm³/mol. The molecule has 1 amide bonds. The van der Waals surface area contributed by atoms with Gasteiger partial charge in [-0.1, -0.05) is 13.8 Å². The van der Waals surface area contributed by atoms with Crippen LogP contribution in [0.4, 0.5) is 0 Å². The van der Waals surface area contributed by atoms with Crippen molar-refractivity contribution in [2.75, 3.05) is 26.4 Å². The number of aryl methyl sites for hydroxylation is 1. The Morgan fingerprint density at radius 2 is 2.35 bits per heavy atom. The highest BCUT2D eigenvalue weighted by Crippen LogP contribution is 2.28. The molecule has 0 radical (unpaired) electrons. The Morgan fingerprint density at radius 3 is 3.04 bits per heavy atom. The van der Waals surface area contributed by atoms with Crippen molar-refractivity contribution in [3.63, 3.8) is 0 Å². The maximum atomic E-state index is 12.4. The minimum absolute atomic E-state index is 0.0553. The number of fused-ring (bicyclic) bond motifs is 1. The molecule has 0 aliphatic carbocycles. The Bertz CT molecular complexity index is 686. The van der Waals surface area contributed by atoms with Gasteiger partial charge >= 0.3 is 0 Å². The zero-order valence-electron chi connectivity index (χ0n) is 13.8. The number of amides is 1. The summed E-state index contributed by atoms with van der Waals surface area (Å²) in [6.45, 7) is 9.41. The van der Waals surface area contributed by atoms with E-state index in [1.165, 1.54) is 11.3 Å². The molecule has 0 bridgehead atoms. The van der Waals surface area contributed by atoms with Gasteiger partial charge in [0.1, 0.15) is 4.83 Å². The van der Waals surface area contributed by atoms with Gasteiger partial charge in [-0.05, 0) is 18.9 Å². The minimum Gasteiger partial charge on any atom is -0.376 e. The van der Waals surface area contributed by atoms with Crippen LogP contribution in [0.3, 0.4) is 0 Å². The van der Waals surface area contributed by atoms with Crippen LogP contribution >= 0.6 is 11.3 Å². The highest BCUT2D eigenvalue weighted by atomic mass is 32.1. The van der Waals surface area contributed by atoms with E-state index in [0.29, 0.717) is 32.3 Å². The van der Waals surface area contributed by atoms with Gasteiger partial charge in [-0.2, -0.15) is 5.10 Å². The van der Waals surface area contributed by atoms with Gasteiger partial charge in [0.15, 0.2) is 0 Å². The molecule has 1 fully saturated rings. The van der Waals surface area contributed by atoms with Crippen LogP contribution in [-0.4, -0.2) is 48.2 Å². The monoisotopic (exact) mass is 337 g/mol. The molecule has 2 aromatic heterocycles. The SMILES string of the molecule is Cc1nn(CC(C)C)c2sc(C(=O)NC[C@H]3COCCO3)cc12. The van der Waals surface area contributed by atoms with E-state index >= 15 is 0 Å². The number of nitrogens with one attached hydrogen (secondary N) is 1. The minimum atomic E-state index is -0.0594. The molecule has 1 aliphatic heterocycles. The molecule has 6 nitrogen and oxygen atoms in total. The van der Waals surface area contributed by atoms with Crippen LogP contribution in [0.25, 0.3) is 10.2 Å². The Morgan fingerprint density at radius 1 is 1.52 bits per heavy atom. The van der Waals surface area contributed by atoms with Gasteiger partial charge < -0.3 is 14.8 Å². The van der Waals surface area contributed by atoms with Crippen LogP contribution in [-0.2, 0) is 16.0 Å². The molecule has 0 unspecified atom stereocenters. The molecular weight excluding hydrogens is 314 g/mol. The number of carbonyl (C=O) groups excluding carboxylic acids is 1. The molecule has 1 aliphatic rings. The van der Waals surface area contributed by atoms with Crippen molar-refractivity contribution in [2.24, 2.45) is 5.92 Å². The summed E-state index contributed by atoms with van der Waals surface area (Å²) in [7, 11) is 0. The van der Waals surface area contributed by atoms with E-state index in [9.17, 15) is 4.79 Å². The van der Waals surface area contributed by atoms with Crippen molar-refractivity contribution < 1.29 is 14.3 Å². The van der Waals surface area contributed by atoms with Crippen molar-refractivity contribution in [1.82, 2.24) is 15.1 Å². The standard InChI is InChI=1S/C16H23N3O3S/c1-10(2)8-19-16-13(11(3)18-19)6-14(23-16)15(20)17-7-12-9-21-4-5-22-12/h6,10,12H,4-5,7-9H2,1-3H3,(H,17,20)/t12-/m0/s1. The third-order valence-electron chi connectivity index (χ3n) is 3.74. The summed E-state index contributed by atoms with van der Waals surface area (Å²) in [6, 6.07) is 1.94. The number of aromatic nitrogens is 2. The van der Waals surface area contributed by atoms with Gasteiger partial charge in [-0.15, -0.1) is 11.3 Å². The lowest BCUT2D eigenvalue weighted by molar-refractivity contribution is -0.0855. The molecule has 7 heteroatoms. The first-order valence-corrected chi connectivity index (χ1v) is 8.80. The molecule has 23 heavy (non-hydrogen) atoms. The van der Waals surface area contributed by atoms with E-state index in [2.05, 4.69) is 24.3 Å². The molecule has 126 valence electrons. The van der Waals surface area contributed by atoms with E-state index in [1.54, 1.807) is 0 Å². The van der Waals surface area contributed by atoms with Crippen LogP contribution < -0.4 is 5.32 Å². The first-order valence-electron chi connectivity index (χ1n) is 7.99. The van der Waals surface area contributed by atoms with E-state index in [4.69, 9.17) is 9.47 Å². The van der Waals surface area contributed by atoms with Gasteiger partial charge in [0.2, 0.25) is 0 Å². The number of hydrogen-bond acceptors (Lipinski definition) is 5. The van der Waals surface area contributed by atoms with Crippen molar-refractivity contribution in [1.29, 1.82) is 0 Å². The van der Waals surface area contributed by atoms with Gasteiger partial charge in [-0.3, -0.25) is 9.48 Å². The third kappa shape index (κ3) is 3.73. The fourth-order valence-corrected chi connectivity index (χ4v) is 3.73. The van der Waals surface area contributed by atoms with Crippen molar-refractivity contribution in [3.8, 4) is 0 Å². The Balaban J connectivity index is 1.70. The Hall–Kier alpha value is -1.44.